The van der Waals surface area contributed by atoms with Gasteiger partial charge < -0.3 is 9.47 Å². The molecule has 23 heavy (non-hydrogen) atoms. The second-order valence-corrected chi connectivity index (χ2v) is 5.79. The highest BCUT2D eigenvalue weighted by molar-refractivity contribution is 6.09. The van der Waals surface area contributed by atoms with Crippen molar-refractivity contribution < 1.29 is 32.2 Å². The Bertz CT molecular complexity index is 657. The van der Waals surface area contributed by atoms with Crippen LogP contribution in [0.4, 0.5) is 13.2 Å². The van der Waals surface area contributed by atoms with Crippen LogP contribution in [-0.4, -0.2) is 30.8 Å². The van der Waals surface area contributed by atoms with E-state index in [1.54, 1.807) is 6.07 Å². The number of fused-ring (bicyclic) bond motifs is 1. The molecule has 124 valence electrons. The van der Waals surface area contributed by atoms with Crippen LogP contribution >= 0.6 is 0 Å². The SMILES string of the molecule is CCOC(=O)[C@]12C(=O)O[C@H](C)[C@H]1[C@@]2(c1ccccc1)C(F)(F)F. The number of hydrogen-bond acceptors (Lipinski definition) is 4. The van der Waals surface area contributed by atoms with Crippen LogP contribution in [0.15, 0.2) is 30.3 Å². The Morgan fingerprint density at radius 2 is 1.91 bits per heavy atom. The molecule has 0 amide bonds. The maximum Gasteiger partial charge on any atom is 0.400 e. The van der Waals surface area contributed by atoms with Crippen molar-refractivity contribution in [2.24, 2.45) is 11.3 Å². The quantitative estimate of drug-likeness (QED) is 0.632. The average Bonchev–Trinajstić information content (AvgIpc) is 3.07. The second kappa shape index (κ2) is 4.72. The van der Waals surface area contributed by atoms with E-state index in [1.165, 1.54) is 38.1 Å². The molecule has 0 aromatic heterocycles. The number of halogens is 3. The second-order valence-electron chi connectivity index (χ2n) is 5.79. The van der Waals surface area contributed by atoms with E-state index in [0.29, 0.717) is 0 Å². The molecule has 4 atom stereocenters. The molecule has 1 heterocycles. The summed E-state index contributed by atoms with van der Waals surface area (Å²) in [5.41, 5.74) is -5.06. The summed E-state index contributed by atoms with van der Waals surface area (Å²) < 4.78 is 52.0. The van der Waals surface area contributed by atoms with E-state index >= 15 is 0 Å². The summed E-state index contributed by atoms with van der Waals surface area (Å²) in [7, 11) is 0. The molecule has 0 bridgehead atoms. The molecule has 0 N–H and O–H groups in total. The average molecular weight is 328 g/mol. The Hall–Kier alpha value is -2.05. The van der Waals surface area contributed by atoms with Gasteiger partial charge >= 0.3 is 18.1 Å². The topological polar surface area (TPSA) is 52.6 Å². The van der Waals surface area contributed by atoms with Crippen LogP contribution in [0.2, 0.25) is 0 Å². The Labute approximate surface area is 130 Å². The molecule has 0 spiro atoms. The summed E-state index contributed by atoms with van der Waals surface area (Å²) >= 11 is 0. The number of benzene rings is 1. The number of rotatable bonds is 3. The van der Waals surface area contributed by atoms with Gasteiger partial charge in [-0.15, -0.1) is 0 Å². The lowest BCUT2D eigenvalue weighted by molar-refractivity contribution is -0.197. The van der Waals surface area contributed by atoms with Gasteiger partial charge in [-0.05, 0) is 19.4 Å². The summed E-state index contributed by atoms with van der Waals surface area (Å²) in [5, 5.41) is 0. The number of alkyl halides is 3. The monoisotopic (exact) mass is 328 g/mol. The highest BCUT2D eigenvalue weighted by atomic mass is 19.4. The minimum atomic E-state index is -4.79. The van der Waals surface area contributed by atoms with Crippen molar-refractivity contribution in [1.29, 1.82) is 0 Å². The molecule has 1 aliphatic carbocycles. The van der Waals surface area contributed by atoms with E-state index in [9.17, 15) is 22.8 Å². The van der Waals surface area contributed by atoms with E-state index in [-0.39, 0.29) is 12.2 Å². The van der Waals surface area contributed by atoms with Gasteiger partial charge in [0.15, 0.2) is 5.41 Å². The predicted molar refractivity (Wildman–Crippen MR) is 72.3 cm³/mol. The maximum atomic E-state index is 14.1. The summed E-state index contributed by atoms with van der Waals surface area (Å²) in [6.07, 6.45) is -5.81. The molecule has 1 aromatic carbocycles. The van der Waals surface area contributed by atoms with E-state index in [4.69, 9.17) is 9.47 Å². The van der Waals surface area contributed by atoms with Crippen LogP contribution in [0.1, 0.15) is 19.4 Å². The van der Waals surface area contributed by atoms with Crippen molar-refractivity contribution >= 4 is 11.9 Å². The lowest BCUT2D eigenvalue weighted by Crippen LogP contribution is -2.45. The normalized spacial score (nSPS) is 35.4. The first kappa shape index (κ1) is 15.8. The van der Waals surface area contributed by atoms with Crippen LogP contribution in [0.5, 0.6) is 0 Å². The molecule has 1 saturated heterocycles. The third-order valence-corrected chi connectivity index (χ3v) is 4.83. The van der Waals surface area contributed by atoms with Crippen molar-refractivity contribution in [1.82, 2.24) is 0 Å². The zero-order chi connectivity index (χ0) is 17.0. The molecular formula is C16H15F3O4. The molecule has 7 heteroatoms. The Morgan fingerprint density at radius 1 is 1.30 bits per heavy atom. The van der Waals surface area contributed by atoms with E-state index in [1.807, 2.05) is 0 Å². The van der Waals surface area contributed by atoms with Gasteiger partial charge in [0.25, 0.3) is 0 Å². The third kappa shape index (κ3) is 1.62. The molecule has 1 aliphatic heterocycles. The lowest BCUT2D eigenvalue weighted by Gasteiger charge is -2.28. The summed E-state index contributed by atoms with van der Waals surface area (Å²) in [6.45, 7) is 2.74. The minimum absolute atomic E-state index is 0.113. The van der Waals surface area contributed by atoms with Crippen LogP contribution in [0, 0.1) is 11.3 Å². The molecule has 3 rings (SSSR count). The van der Waals surface area contributed by atoms with Gasteiger partial charge in [-0.3, -0.25) is 9.59 Å². The van der Waals surface area contributed by atoms with Gasteiger partial charge in [0.2, 0.25) is 0 Å². The molecule has 0 radical (unpaired) electrons. The summed E-state index contributed by atoms with van der Waals surface area (Å²) in [4.78, 5) is 24.7. The molecule has 4 nitrogen and oxygen atoms in total. The Morgan fingerprint density at radius 3 is 2.43 bits per heavy atom. The Kier molecular flexibility index (Phi) is 3.25. The van der Waals surface area contributed by atoms with E-state index in [2.05, 4.69) is 0 Å². The number of carbonyl (C=O) groups is 2. The fourth-order valence-corrected chi connectivity index (χ4v) is 4.11. The largest absolute Gasteiger partial charge is 0.465 e. The Balaban J connectivity index is 2.26. The predicted octanol–water partition coefficient (Wildman–Crippen LogP) is 2.61. The first-order valence-electron chi connectivity index (χ1n) is 7.26. The zero-order valence-electron chi connectivity index (χ0n) is 12.5. The lowest BCUT2D eigenvalue weighted by atomic mass is 9.84. The van der Waals surface area contributed by atoms with Crippen LogP contribution in [0.3, 0.4) is 0 Å². The van der Waals surface area contributed by atoms with Crippen molar-refractivity contribution in [3.8, 4) is 0 Å². The van der Waals surface area contributed by atoms with Gasteiger partial charge in [0.1, 0.15) is 11.5 Å². The van der Waals surface area contributed by atoms with Gasteiger partial charge in [0, 0.05) is 5.92 Å². The number of ether oxygens (including phenoxy) is 2. The molecule has 2 fully saturated rings. The maximum absolute atomic E-state index is 14.1. The highest BCUT2D eigenvalue weighted by Crippen LogP contribution is 2.80. The zero-order valence-corrected chi connectivity index (χ0v) is 12.5. The molecule has 1 saturated carbocycles. The number of cyclic esters (lactones) is 1. The third-order valence-electron chi connectivity index (χ3n) is 4.83. The summed E-state index contributed by atoms with van der Waals surface area (Å²) in [6, 6.07) is 7.04. The fraction of sp³-hybridized carbons (Fsp3) is 0.500. The van der Waals surface area contributed by atoms with Crippen LogP contribution in [-0.2, 0) is 24.5 Å². The molecule has 2 aliphatic rings. The van der Waals surface area contributed by atoms with E-state index in [0.717, 1.165) is 0 Å². The smallest absolute Gasteiger partial charge is 0.400 e. The number of carbonyl (C=O) groups excluding carboxylic acids is 2. The van der Waals surface area contributed by atoms with Gasteiger partial charge in [0.05, 0.1) is 6.61 Å². The molecule has 0 unspecified atom stereocenters. The highest BCUT2D eigenvalue weighted by Gasteiger charge is 2.99. The van der Waals surface area contributed by atoms with Crippen molar-refractivity contribution in [2.45, 2.75) is 31.5 Å². The van der Waals surface area contributed by atoms with Crippen LogP contribution < -0.4 is 0 Å². The van der Waals surface area contributed by atoms with Crippen molar-refractivity contribution in [3.63, 3.8) is 0 Å². The summed E-state index contributed by atoms with van der Waals surface area (Å²) in [5.74, 6) is -3.64. The van der Waals surface area contributed by atoms with Gasteiger partial charge in [-0.1, -0.05) is 30.3 Å². The molecular weight excluding hydrogens is 313 g/mol. The van der Waals surface area contributed by atoms with Gasteiger partial charge in [-0.25, -0.2) is 0 Å². The fourth-order valence-electron chi connectivity index (χ4n) is 4.11. The number of esters is 2. The van der Waals surface area contributed by atoms with Crippen LogP contribution in [0.25, 0.3) is 0 Å². The van der Waals surface area contributed by atoms with Crippen molar-refractivity contribution in [2.75, 3.05) is 6.61 Å². The first-order valence-corrected chi connectivity index (χ1v) is 7.26. The number of hydrogen-bond donors (Lipinski definition) is 0. The van der Waals surface area contributed by atoms with Crippen molar-refractivity contribution in [3.05, 3.63) is 35.9 Å². The first-order chi connectivity index (χ1) is 10.8. The molecule has 1 aromatic rings. The standard InChI is InChI=1S/C16H15F3O4/c1-3-22-12(20)14-11(9(2)23-13(14)21)15(14,16(17,18)19)10-7-5-4-6-8-10/h4-9,11H,3H2,1-2H3/t9-,11-,14+,15-/m1/s1. The van der Waals surface area contributed by atoms with E-state index < -0.39 is 41.0 Å². The minimum Gasteiger partial charge on any atom is -0.465 e. The van der Waals surface area contributed by atoms with Gasteiger partial charge in [-0.2, -0.15) is 13.2 Å².